The average molecular weight is 372 g/mol. The van der Waals surface area contributed by atoms with Gasteiger partial charge in [-0.1, -0.05) is 30.0 Å². The topological polar surface area (TPSA) is 33.2 Å². The highest BCUT2D eigenvalue weighted by molar-refractivity contribution is 8.01. The lowest BCUT2D eigenvalue weighted by molar-refractivity contribution is -0.130. The molecule has 0 aliphatic carbocycles. The number of nitrogens with zero attached hydrogens (tertiary/aromatic N) is 2. The molecule has 0 radical (unpaired) electrons. The third-order valence-corrected chi connectivity index (χ3v) is 6.73. The third-order valence-electron chi connectivity index (χ3n) is 4.56. The van der Waals surface area contributed by atoms with Crippen LogP contribution in [0.2, 0.25) is 0 Å². The molecule has 6 heteroatoms. The number of benzene rings is 2. The van der Waals surface area contributed by atoms with E-state index in [0.717, 1.165) is 32.1 Å². The van der Waals surface area contributed by atoms with Crippen LogP contribution in [0.5, 0.6) is 0 Å². The summed E-state index contributed by atoms with van der Waals surface area (Å²) in [7, 11) is 0. The average Bonchev–Trinajstić information content (AvgIpc) is 3.03. The van der Waals surface area contributed by atoms with Gasteiger partial charge in [0, 0.05) is 6.54 Å². The smallest absolute Gasteiger partial charge is 0.233 e. The molecule has 25 heavy (non-hydrogen) atoms. The molecule has 0 spiro atoms. The van der Waals surface area contributed by atoms with Crippen molar-refractivity contribution in [3.05, 3.63) is 59.4 Å². The van der Waals surface area contributed by atoms with E-state index in [1.807, 2.05) is 42.2 Å². The number of amides is 1. The number of para-hydroxylation sites is 1. The monoisotopic (exact) mass is 372 g/mol. The van der Waals surface area contributed by atoms with Crippen molar-refractivity contribution in [2.75, 3.05) is 12.3 Å². The van der Waals surface area contributed by atoms with E-state index in [0.29, 0.717) is 12.3 Å². The zero-order chi connectivity index (χ0) is 17.4. The molecule has 1 aromatic heterocycles. The van der Waals surface area contributed by atoms with Gasteiger partial charge in [0.15, 0.2) is 4.34 Å². The van der Waals surface area contributed by atoms with Crippen molar-refractivity contribution in [1.29, 1.82) is 0 Å². The van der Waals surface area contributed by atoms with Gasteiger partial charge in [-0.3, -0.25) is 4.79 Å². The second kappa shape index (κ2) is 6.77. The van der Waals surface area contributed by atoms with E-state index in [-0.39, 0.29) is 17.8 Å². The van der Waals surface area contributed by atoms with Gasteiger partial charge in [-0.15, -0.1) is 11.3 Å². The maximum Gasteiger partial charge on any atom is 0.233 e. The summed E-state index contributed by atoms with van der Waals surface area (Å²) in [4.78, 5) is 19.1. The number of hydrogen-bond donors (Lipinski definition) is 0. The van der Waals surface area contributed by atoms with E-state index in [1.54, 1.807) is 17.4 Å². The molecule has 0 saturated carbocycles. The highest BCUT2D eigenvalue weighted by atomic mass is 32.2. The minimum absolute atomic E-state index is 0.0756. The Kier molecular flexibility index (Phi) is 4.48. The molecule has 4 rings (SSSR count). The van der Waals surface area contributed by atoms with Gasteiger partial charge in [0.25, 0.3) is 0 Å². The van der Waals surface area contributed by atoms with Crippen LogP contribution in [0.3, 0.4) is 0 Å². The normalized spacial score (nSPS) is 16.9. The van der Waals surface area contributed by atoms with Crippen molar-refractivity contribution >= 4 is 39.2 Å². The first kappa shape index (κ1) is 16.5. The van der Waals surface area contributed by atoms with Crippen molar-refractivity contribution in [3.63, 3.8) is 0 Å². The molecule has 0 fully saturated rings. The summed E-state index contributed by atoms with van der Waals surface area (Å²) in [6, 6.07) is 12.8. The SMILES string of the molecule is CC1c2cc(F)ccc2CCN1C(=O)CSc1nc2ccccc2s1. The Morgan fingerprint density at radius 3 is 3.04 bits per heavy atom. The number of fused-ring (bicyclic) bond motifs is 2. The number of thioether (sulfide) groups is 1. The maximum absolute atomic E-state index is 13.6. The van der Waals surface area contributed by atoms with Gasteiger partial charge in [0.05, 0.1) is 22.0 Å². The Hall–Kier alpha value is -1.92. The lowest BCUT2D eigenvalue weighted by Gasteiger charge is -2.35. The largest absolute Gasteiger partial charge is 0.335 e. The van der Waals surface area contributed by atoms with Crippen LogP contribution in [-0.4, -0.2) is 28.1 Å². The van der Waals surface area contributed by atoms with E-state index in [4.69, 9.17) is 0 Å². The molecule has 0 bridgehead atoms. The maximum atomic E-state index is 13.6. The van der Waals surface area contributed by atoms with E-state index >= 15 is 0 Å². The summed E-state index contributed by atoms with van der Waals surface area (Å²) < 4.78 is 15.6. The van der Waals surface area contributed by atoms with E-state index < -0.39 is 0 Å². The number of carbonyl (C=O) groups excluding carboxylic acids is 1. The van der Waals surface area contributed by atoms with Crippen LogP contribution in [0.25, 0.3) is 10.2 Å². The van der Waals surface area contributed by atoms with Crippen LogP contribution in [0, 0.1) is 5.82 Å². The van der Waals surface area contributed by atoms with Gasteiger partial charge in [0.1, 0.15) is 5.82 Å². The molecular weight excluding hydrogens is 355 g/mol. The Balaban J connectivity index is 1.46. The van der Waals surface area contributed by atoms with Crippen LogP contribution >= 0.6 is 23.1 Å². The third kappa shape index (κ3) is 3.28. The first-order chi connectivity index (χ1) is 12.1. The Bertz CT molecular complexity index is 907. The predicted octanol–water partition coefficient (Wildman–Crippen LogP) is 4.67. The molecular formula is C19H17FN2OS2. The van der Waals surface area contributed by atoms with Crippen molar-refractivity contribution in [3.8, 4) is 0 Å². The summed E-state index contributed by atoms with van der Waals surface area (Å²) in [5.74, 6) is 0.185. The summed E-state index contributed by atoms with van der Waals surface area (Å²) >= 11 is 3.09. The molecule has 1 atom stereocenters. The second-order valence-corrected chi connectivity index (χ2v) is 8.35. The van der Waals surface area contributed by atoms with Crippen molar-refractivity contribution < 1.29 is 9.18 Å². The molecule has 128 valence electrons. The molecule has 2 heterocycles. The number of hydrogen-bond acceptors (Lipinski definition) is 4. The summed E-state index contributed by atoms with van der Waals surface area (Å²) in [5.41, 5.74) is 3.03. The molecule has 1 amide bonds. The van der Waals surface area contributed by atoms with Gasteiger partial charge >= 0.3 is 0 Å². The van der Waals surface area contributed by atoms with E-state index in [9.17, 15) is 9.18 Å². The predicted molar refractivity (Wildman–Crippen MR) is 101 cm³/mol. The zero-order valence-electron chi connectivity index (χ0n) is 13.7. The molecule has 2 aromatic carbocycles. The molecule has 0 saturated heterocycles. The molecule has 1 aliphatic rings. The van der Waals surface area contributed by atoms with Gasteiger partial charge in [-0.05, 0) is 48.7 Å². The molecule has 0 N–H and O–H groups in total. The number of carbonyl (C=O) groups is 1. The molecule has 3 nitrogen and oxygen atoms in total. The second-order valence-electron chi connectivity index (χ2n) is 6.09. The fourth-order valence-corrected chi connectivity index (χ4v) is 5.20. The Morgan fingerprint density at radius 1 is 1.36 bits per heavy atom. The first-order valence-electron chi connectivity index (χ1n) is 8.18. The summed E-state index contributed by atoms with van der Waals surface area (Å²) in [5, 5.41) is 0. The van der Waals surface area contributed by atoms with Crippen LogP contribution in [0.1, 0.15) is 24.1 Å². The Labute approximate surface area is 153 Å². The van der Waals surface area contributed by atoms with Crippen molar-refractivity contribution in [1.82, 2.24) is 9.88 Å². The molecule has 1 aliphatic heterocycles. The van der Waals surface area contributed by atoms with Crippen molar-refractivity contribution in [2.24, 2.45) is 0 Å². The van der Waals surface area contributed by atoms with E-state index in [2.05, 4.69) is 4.98 Å². The quantitative estimate of drug-likeness (QED) is 0.626. The fraction of sp³-hybridized carbons (Fsp3) is 0.263. The van der Waals surface area contributed by atoms with Crippen LogP contribution in [0.4, 0.5) is 4.39 Å². The summed E-state index contributed by atoms with van der Waals surface area (Å²) in [6.45, 7) is 2.65. The lowest BCUT2D eigenvalue weighted by Crippen LogP contribution is -2.39. The van der Waals surface area contributed by atoms with Gasteiger partial charge < -0.3 is 4.90 Å². The van der Waals surface area contributed by atoms with Gasteiger partial charge in [0.2, 0.25) is 5.91 Å². The van der Waals surface area contributed by atoms with Crippen LogP contribution in [-0.2, 0) is 11.2 Å². The standard InChI is InChI=1S/C19H17FN2OS2/c1-12-15-10-14(20)7-6-13(15)8-9-22(12)18(23)11-24-19-21-16-4-2-3-5-17(16)25-19/h2-7,10,12H,8-9,11H2,1H3. The highest BCUT2D eigenvalue weighted by Crippen LogP contribution is 2.33. The minimum atomic E-state index is -0.247. The number of thiazole rings is 1. The summed E-state index contributed by atoms with van der Waals surface area (Å²) in [6.07, 6.45) is 0.775. The number of rotatable bonds is 3. The van der Waals surface area contributed by atoms with Gasteiger partial charge in [-0.2, -0.15) is 0 Å². The molecule has 3 aromatic rings. The highest BCUT2D eigenvalue weighted by Gasteiger charge is 2.27. The van der Waals surface area contributed by atoms with E-state index in [1.165, 1.54) is 17.8 Å². The number of halogens is 1. The zero-order valence-corrected chi connectivity index (χ0v) is 15.4. The molecule has 1 unspecified atom stereocenters. The minimum Gasteiger partial charge on any atom is -0.335 e. The first-order valence-corrected chi connectivity index (χ1v) is 9.98. The van der Waals surface area contributed by atoms with Crippen LogP contribution < -0.4 is 0 Å². The lowest BCUT2D eigenvalue weighted by atomic mass is 9.93. The van der Waals surface area contributed by atoms with Crippen molar-refractivity contribution in [2.45, 2.75) is 23.7 Å². The fourth-order valence-electron chi connectivity index (χ4n) is 3.24. The Morgan fingerprint density at radius 2 is 2.20 bits per heavy atom. The van der Waals surface area contributed by atoms with Gasteiger partial charge in [-0.25, -0.2) is 9.37 Å². The van der Waals surface area contributed by atoms with Crippen LogP contribution in [0.15, 0.2) is 46.8 Å². The number of aromatic nitrogens is 1.